The highest BCUT2D eigenvalue weighted by atomic mass is 35.5. The molecule has 102 valence electrons. The highest BCUT2D eigenvalue weighted by Crippen LogP contribution is 2.21. The number of nitrogens with zero attached hydrogens (tertiary/aromatic N) is 1. The van der Waals surface area contributed by atoms with E-state index in [-0.39, 0.29) is 5.91 Å². The summed E-state index contributed by atoms with van der Waals surface area (Å²) in [6.45, 7) is 1.93. The lowest BCUT2D eigenvalue weighted by atomic mass is 10.1. The average Bonchev–Trinajstić information content (AvgIpc) is 2.42. The van der Waals surface area contributed by atoms with Gasteiger partial charge in [0.05, 0.1) is 16.3 Å². The van der Waals surface area contributed by atoms with Crippen molar-refractivity contribution in [1.82, 2.24) is 5.43 Å². The van der Waals surface area contributed by atoms with Gasteiger partial charge in [-0.1, -0.05) is 47.0 Å². The largest absolute Gasteiger partial charge is 0.271 e. The predicted molar refractivity (Wildman–Crippen MR) is 82.7 cm³/mol. The summed E-state index contributed by atoms with van der Waals surface area (Å²) in [5, 5.41) is 4.82. The molecule has 0 aliphatic rings. The first-order valence-corrected chi connectivity index (χ1v) is 6.67. The third-order valence-corrected chi connectivity index (χ3v) is 3.34. The first-order chi connectivity index (χ1) is 9.56. The molecular formula is C15H12Cl2N2O. The minimum atomic E-state index is -0.259. The Labute approximate surface area is 127 Å². The summed E-state index contributed by atoms with van der Waals surface area (Å²) in [6, 6.07) is 12.4. The van der Waals surface area contributed by atoms with Crippen molar-refractivity contribution in [1.29, 1.82) is 0 Å². The zero-order chi connectivity index (χ0) is 14.5. The Bertz CT molecular complexity index is 669. The fourth-order valence-electron chi connectivity index (χ4n) is 1.61. The molecule has 0 aliphatic carbocycles. The van der Waals surface area contributed by atoms with Gasteiger partial charge in [-0.3, -0.25) is 4.79 Å². The van der Waals surface area contributed by atoms with Gasteiger partial charge in [-0.25, -0.2) is 5.43 Å². The molecule has 20 heavy (non-hydrogen) atoms. The van der Waals surface area contributed by atoms with Crippen LogP contribution in [0.5, 0.6) is 0 Å². The van der Waals surface area contributed by atoms with Crippen molar-refractivity contribution >= 4 is 35.3 Å². The lowest BCUT2D eigenvalue weighted by Crippen LogP contribution is -2.17. The number of nitrogens with one attached hydrogen (secondary N) is 1. The molecule has 2 aromatic rings. The van der Waals surface area contributed by atoms with Gasteiger partial charge in [0.2, 0.25) is 0 Å². The number of amides is 1. The molecule has 0 spiro atoms. The topological polar surface area (TPSA) is 41.5 Å². The third-order valence-electron chi connectivity index (χ3n) is 2.60. The van der Waals surface area contributed by atoms with Gasteiger partial charge in [-0.15, -0.1) is 0 Å². The number of rotatable bonds is 3. The molecule has 2 aromatic carbocycles. The maximum absolute atomic E-state index is 11.8. The number of carbonyl (C=O) groups is 1. The molecule has 0 saturated heterocycles. The van der Waals surface area contributed by atoms with Gasteiger partial charge < -0.3 is 0 Å². The minimum Gasteiger partial charge on any atom is -0.267 e. The fourth-order valence-corrected chi connectivity index (χ4v) is 1.92. The second-order valence-electron chi connectivity index (χ2n) is 4.24. The Morgan fingerprint density at radius 1 is 1.15 bits per heavy atom. The molecule has 0 heterocycles. The van der Waals surface area contributed by atoms with E-state index in [1.54, 1.807) is 30.3 Å². The predicted octanol–water partition coefficient (Wildman–Crippen LogP) is 4.07. The maximum atomic E-state index is 11.8. The van der Waals surface area contributed by atoms with Gasteiger partial charge >= 0.3 is 0 Å². The zero-order valence-corrected chi connectivity index (χ0v) is 12.2. The molecule has 0 unspecified atom stereocenters. The molecular weight excluding hydrogens is 295 g/mol. The zero-order valence-electron chi connectivity index (χ0n) is 10.7. The SMILES string of the molecule is Cc1cccc(C(=O)NN=Cc2ccc(Cl)c(Cl)c2)c1. The number of hydrogen-bond donors (Lipinski definition) is 1. The second-order valence-corrected chi connectivity index (χ2v) is 5.06. The molecule has 2 rings (SSSR count). The van der Waals surface area contributed by atoms with E-state index < -0.39 is 0 Å². The quantitative estimate of drug-likeness (QED) is 0.674. The van der Waals surface area contributed by atoms with Crippen LogP contribution >= 0.6 is 23.2 Å². The van der Waals surface area contributed by atoms with Crippen LogP contribution in [-0.4, -0.2) is 12.1 Å². The van der Waals surface area contributed by atoms with Gasteiger partial charge in [0, 0.05) is 5.56 Å². The molecule has 0 atom stereocenters. The Kier molecular flexibility index (Phi) is 4.77. The van der Waals surface area contributed by atoms with Crippen molar-refractivity contribution in [2.45, 2.75) is 6.92 Å². The van der Waals surface area contributed by atoms with E-state index in [2.05, 4.69) is 10.5 Å². The summed E-state index contributed by atoms with van der Waals surface area (Å²) in [5.74, 6) is -0.259. The minimum absolute atomic E-state index is 0.259. The lowest BCUT2D eigenvalue weighted by molar-refractivity contribution is 0.0955. The molecule has 0 aliphatic heterocycles. The van der Waals surface area contributed by atoms with Crippen molar-refractivity contribution in [3.63, 3.8) is 0 Å². The van der Waals surface area contributed by atoms with Crippen molar-refractivity contribution in [3.8, 4) is 0 Å². The standard InChI is InChI=1S/C15H12Cl2N2O/c1-10-3-2-4-12(7-10)15(20)19-18-9-11-5-6-13(16)14(17)8-11/h2-9H,1H3,(H,19,20). The Hall–Kier alpha value is -1.84. The number of halogens is 2. The number of benzene rings is 2. The first-order valence-electron chi connectivity index (χ1n) is 5.91. The lowest BCUT2D eigenvalue weighted by Gasteiger charge is -2.01. The van der Waals surface area contributed by atoms with E-state index in [1.807, 2.05) is 19.1 Å². The summed E-state index contributed by atoms with van der Waals surface area (Å²) in [4.78, 5) is 11.8. The molecule has 0 bridgehead atoms. The van der Waals surface area contributed by atoms with E-state index in [9.17, 15) is 4.79 Å². The molecule has 1 N–H and O–H groups in total. The van der Waals surface area contributed by atoms with Gasteiger partial charge in [0.15, 0.2) is 0 Å². The van der Waals surface area contributed by atoms with Crippen LogP contribution in [0.25, 0.3) is 0 Å². The highest BCUT2D eigenvalue weighted by molar-refractivity contribution is 6.42. The Balaban J connectivity index is 2.02. The highest BCUT2D eigenvalue weighted by Gasteiger charge is 2.03. The van der Waals surface area contributed by atoms with E-state index in [4.69, 9.17) is 23.2 Å². The maximum Gasteiger partial charge on any atom is 0.271 e. The Morgan fingerprint density at radius 3 is 2.65 bits per heavy atom. The normalized spacial score (nSPS) is 10.8. The summed E-state index contributed by atoms with van der Waals surface area (Å²) >= 11 is 11.7. The van der Waals surface area contributed by atoms with Crippen LogP contribution in [0.1, 0.15) is 21.5 Å². The fraction of sp³-hybridized carbons (Fsp3) is 0.0667. The summed E-state index contributed by atoms with van der Waals surface area (Å²) < 4.78 is 0. The van der Waals surface area contributed by atoms with Gasteiger partial charge in [-0.2, -0.15) is 5.10 Å². The van der Waals surface area contributed by atoms with Crippen LogP contribution in [0.2, 0.25) is 10.0 Å². The van der Waals surface area contributed by atoms with Crippen molar-refractivity contribution in [2.24, 2.45) is 5.10 Å². The smallest absolute Gasteiger partial charge is 0.267 e. The third kappa shape index (κ3) is 3.83. The van der Waals surface area contributed by atoms with Gasteiger partial charge in [-0.05, 0) is 36.8 Å². The first kappa shape index (κ1) is 14.6. The monoisotopic (exact) mass is 306 g/mol. The van der Waals surface area contributed by atoms with Crippen LogP contribution in [0.15, 0.2) is 47.6 Å². The molecule has 5 heteroatoms. The Morgan fingerprint density at radius 2 is 1.95 bits per heavy atom. The van der Waals surface area contributed by atoms with Gasteiger partial charge in [0.1, 0.15) is 0 Å². The van der Waals surface area contributed by atoms with E-state index in [0.29, 0.717) is 15.6 Å². The summed E-state index contributed by atoms with van der Waals surface area (Å²) in [6.07, 6.45) is 1.51. The van der Waals surface area contributed by atoms with Crippen LogP contribution in [0, 0.1) is 6.92 Å². The van der Waals surface area contributed by atoms with Gasteiger partial charge in [0.25, 0.3) is 5.91 Å². The number of hydrazone groups is 1. The van der Waals surface area contributed by atoms with Crippen LogP contribution in [-0.2, 0) is 0 Å². The molecule has 3 nitrogen and oxygen atoms in total. The number of aryl methyl sites for hydroxylation is 1. The van der Waals surface area contributed by atoms with E-state index >= 15 is 0 Å². The molecule has 0 aromatic heterocycles. The van der Waals surface area contributed by atoms with Crippen molar-refractivity contribution in [3.05, 3.63) is 69.2 Å². The second kappa shape index (κ2) is 6.55. The van der Waals surface area contributed by atoms with E-state index in [1.165, 1.54) is 6.21 Å². The summed E-state index contributed by atoms with van der Waals surface area (Å²) in [7, 11) is 0. The molecule has 0 radical (unpaired) electrons. The molecule has 0 fully saturated rings. The van der Waals surface area contributed by atoms with Crippen LogP contribution in [0.3, 0.4) is 0 Å². The van der Waals surface area contributed by atoms with Crippen molar-refractivity contribution in [2.75, 3.05) is 0 Å². The number of carbonyl (C=O) groups excluding carboxylic acids is 1. The van der Waals surface area contributed by atoms with Crippen LogP contribution in [0.4, 0.5) is 0 Å². The summed E-state index contributed by atoms with van der Waals surface area (Å²) in [5.41, 5.74) is 4.80. The molecule has 1 amide bonds. The van der Waals surface area contributed by atoms with E-state index in [0.717, 1.165) is 11.1 Å². The average molecular weight is 307 g/mol. The molecule has 0 saturated carbocycles. The number of hydrogen-bond acceptors (Lipinski definition) is 2. The van der Waals surface area contributed by atoms with Crippen LogP contribution < -0.4 is 5.43 Å². The van der Waals surface area contributed by atoms with Crippen molar-refractivity contribution < 1.29 is 4.79 Å².